The van der Waals surface area contributed by atoms with E-state index >= 15 is 0 Å². The number of nitrogens with zero attached hydrogens (tertiary/aromatic N) is 4. The fourth-order valence-corrected chi connectivity index (χ4v) is 13.0. The van der Waals surface area contributed by atoms with E-state index in [1.807, 2.05) is 13.8 Å². The maximum absolute atomic E-state index is 2.36. The SMILES string of the molecule is CC.c1ccc(N(c2ccc(-c3ccc(N(c4ccc(-c5ccc(N(c6ccc(-c7ccc(N(c8ccccc8)c8ccc9ccccc9c8)cc7)cc6)c6ccc7ccccc7c6)cc5)cc4)c4ccc5ccccc5c4)cc3)cc2)c2ccc3ccccc3c2)cc1. The van der Waals surface area contributed by atoms with Crippen LogP contribution in [0.15, 0.2) is 376 Å². The summed E-state index contributed by atoms with van der Waals surface area (Å²) in [6.07, 6.45) is 0. The number of hydrogen-bond donors (Lipinski definition) is 0. The number of rotatable bonds is 15. The lowest BCUT2D eigenvalue weighted by Gasteiger charge is -2.27. The second-order valence-electron chi connectivity index (χ2n) is 23.4. The summed E-state index contributed by atoms with van der Waals surface area (Å²) in [7, 11) is 0. The molecule has 0 saturated carbocycles. The monoisotopic (exact) mass is 1200 g/mol. The summed E-state index contributed by atoms with van der Waals surface area (Å²) in [6.45, 7) is 4.00. The predicted octanol–water partition coefficient (Wildman–Crippen LogP) is 26.2. The molecule has 94 heavy (non-hydrogen) atoms. The Bertz CT molecular complexity index is 4910. The van der Waals surface area contributed by atoms with Gasteiger partial charge >= 0.3 is 0 Å². The first-order valence-electron chi connectivity index (χ1n) is 32.4. The largest absolute Gasteiger partial charge is 0.310 e. The molecule has 16 aromatic carbocycles. The molecule has 0 radical (unpaired) electrons. The van der Waals surface area contributed by atoms with Gasteiger partial charge in [0.1, 0.15) is 0 Å². The van der Waals surface area contributed by atoms with Crippen molar-refractivity contribution in [2.24, 2.45) is 0 Å². The molecule has 0 aromatic heterocycles. The lowest BCUT2D eigenvalue weighted by molar-refractivity contribution is 1.28. The summed E-state index contributed by atoms with van der Waals surface area (Å²) in [5, 5.41) is 9.69. The van der Waals surface area contributed by atoms with Crippen molar-refractivity contribution in [1.82, 2.24) is 0 Å². The zero-order valence-corrected chi connectivity index (χ0v) is 52.6. The molecule has 4 heteroatoms. The minimum absolute atomic E-state index is 1.07. The Kier molecular flexibility index (Phi) is 16.3. The van der Waals surface area contributed by atoms with Gasteiger partial charge in [-0.05, 0) is 222 Å². The van der Waals surface area contributed by atoms with Crippen LogP contribution in [0.1, 0.15) is 13.8 Å². The van der Waals surface area contributed by atoms with Crippen LogP contribution < -0.4 is 19.6 Å². The number of benzene rings is 16. The Hall–Kier alpha value is -12.2. The van der Waals surface area contributed by atoms with Crippen molar-refractivity contribution in [2.75, 3.05) is 19.6 Å². The Labute approximate surface area is 551 Å². The maximum Gasteiger partial charge on any atom is 0.0468 e. The molecule has 0 saturated heterocycles. The van der Waals surface area contributed by atoms with Crippen LogP contribution in [0.2, 0.25) is 0 Å². The molecule has 0 fully saturated rings. The highest BCUT2D eigenvalue weighted by Crippen LogP contribution is 2.43. The van der Waals surface area contributed by atoms with Crippen LogP contribution in [0, 0.1) is 0 Å². The molecule has 0 aliphatic heterocycles. The van der Waals surface area contributed by atoms with E-state index in [0.717, 1.165) is 102 Å². The lowest BCUT2D eigenvalue weighted by atomic mass is 10.0. The van der Waals surface area contributed by atoms with Crippen molar-refractivity contribution >= 4 is 111 Å². The summed E-state index contributed by atoms with van der Waals surface area (Å²) in [5.74, 6) is 0. The number of hydrogen-bond acceptors (Lipinski definition) is 4. The van der Waals surface area contributed by atoms with Crippen LogP contribution in [-0.4, -0.2) is 0 Å². The standard InChI is InChI=1S/C88H62N4.C2H6/c1-3-23-77(24-4-1)89(85-55-39-63-15-7-11-19-73(63)59-85)79-43-27-67(28-44-79)69-31-47-81(48-32-69)91(87-57-41-65-17-9-13-21-75(65)61-87)83-51-35-71(36-52-83)72-37-53-84(54-38-72)92(88-58-42-66-18-10-14-22-76(66)62-88)82-49-33-70(34-50-82)68-29-45-80(46-30-68)90(78-25-5-2-6-26-78)86-56-40-64-16-8-12-20-74(64)60-86;1-2/h1-62H;1-2H3. The third-order valence-corrected chi connectivity index (χ3v) is 17.7. The molecule has 0 atom stereocenters. The average molecular weight is 1210 g/mol. The van der Waals surface area contributed by atoms with Crippen molar-refractivity contribution in [3.8, 4) is 33.4 Å². The van der Waals surface area contributed by atoms with Crippen molar-refractivity contribution in [3.63, 3.8) is 0 Å². The summed E-state index contributed by atoms with van der Waals surface area (Å²) in [6, 6.07) is 136. The number of fused-ring (bicyclic) bond motifs is 4. The Morgan fingerprint density at radius 1 is 0.128 bits per heavy atom. The van der Waals surface area contributed by atoms with E-state index in [4.69, 9.17) is 0 Å². The van der Waals surface area contributed by atoms with Gasteiger partial charge in [-0.2, -0.15) is 0 Å². The molecule has 0 amide bonds. The quantitative estimate of drug-likeness (QED) is 0.101. The van der Waals surface area contributed by atoms with Crippen LogP contribution in [0.4, 0.5) is 68.2 Å². The summed E-state index contributed by atoms with van der Waals surface area (Å²) in [4.78, 5) is 9.39. The fourth-order valence-electron chi connectivity index (χ4n) is 13.0. The van der Waals surface area contributed by atoms with Gasteiger partial charge in [-0.25, -0.2) is 0 Å². The second-order valence-corrected chi connectivity index (χ2v) is 23.4. The molecule has 0 heterocycles. The van der Waals surface area contributed by atoms with Gasteiger partial charge in [-0.15, -0.1) is 0 Å². The smallest absolute Gasteiger partial charge is 0.0468 e. The van der Waals surface area contributed by atoms with Gasteiger partial charge in [0.2, 0.25) is 0 Å². The van der Waals surface area contributed by atoms with Gasteiger partial charge in [0.25, 0.3) is 0 Å². The first-order chi connectivity index (χ1) is 46.6. The van der Waals surface area contributed by atoms with E-state index in [0.29, 0.717) is 0 Å². The molecule has 16 rings (SSSR count). The van der Waals surface area contributed by atoms with Gasteiger partial charge in [0.05, 0.1) is 0 Å². The predicted molar refractivity (Wildman–Crippen MR) is 403 cm³/mol. The first-order valence-corrected chi connectivity index (χ1v) is 32.4. The van der Waals surface area contributed by atoms with Crippen LogP contribution >= 0.6 is 0 Å². The van der Waals surface area contributed by atoms with Gasteiger partial charge < -0.3 is 19.6 Å². The van der Waals surface area contributed by atoms with E-state index in [1.54, 1.807) is 0 Å². The molecule has 0 aliphatic carbocycles. The molecule has 0 N–H and O–H groups in total. The third kappa shape index (κ3) is 11.9. The third-order valence-electron chi connectivity index (χ3n) is 17.7. The summed E-state index contributed by atoms with van der Waals surface area (Å²) < 4.78 is 0. The molecule has 448 valence electrons. The van der Waals surface area contributed by atoms with Gasteiger partial charge in [0, 0.05) is 68.2 Å². The molecular weight excluding hydrogens is 1140 g/mol. The summed E-state index contributed by atoms with van der Waals surface area (Å²) in [5.41, 5.74) is 20.0. The molecule has 0 spiro atoms. The van der Waals surface area contributed by atoms with Gasteiger partial charge in [0.15, 0.2) is 0 Å². The normalized spacial score (nSPS) is 11.1. The van der Waals surface area contributed by atoms with Gasteiger partial charge in [-0.3, -0.25) is 0 Å². The van der Waals surface area contributed by atoms with Crippen LogP contribution in [-0.2, 0) is 0 Å². The molecule has 0 aliphatic rings. The second kappa shape index (κ2) is 26.3. The van der Waals surface area contributed by atoms with Gasteiger partial charge in [-0.1, -0.05) is 244 Å². The van der Waals surface area contributed by atoms with Crippen molar-refractivity contribution < 1.29 is 0 Å². The molecule has 16 aromatic rings. The highest BCUT2D eigenvalue weighted by molar-refractivity contribution is 5.94. The fraction of sp³-hybridized carbons (Fsp3) is 0.0222. The number of para-hydroxylation sites is 2. The first kappa shape index (κ1) is 58.2. The molecule has 4 nitrogen and oxygen atoms in total. The van der Waals surface area contributed by atoms with Crippen molar-refractivity contribution in [1.29, 1.82) is 0 Å². The Morgan fingerprint density at radius 3 is 0.468 bits per heavy atom. The van der Waals surface area contributed by atoms with Crippen molar-refractivity contribution in [2.45, 2.75) is 13.8 Å². The summed E-state index contributed by atoms with van der Waals surface area (Å²) >= 11 is 0. The van der Waals surface area contributed by atoms with Crippen LogP contribution in [0.25, 0.3) is 76.5 Å². The lowest BCUT2D eigenvalue weighted by Crippen LogP contribution is -2.10. The molecule has 0 bridgehead atoms. The Balaban J connectivity index is 0.00000361. The van der Waals surface area contributed by atoms with E-state index < -0.39 is 0 Å². The molecule has 0 unspecified atom stereocenters. The minimum atomic E-state index is 1.07. The van der Waals surface area contributed by atoms with Crippen LogP contribution in [0.3, 0.4) is 0 Å². The topological polar surface area (TPSA) is 13.0 Å². The van der Waals surface area contributed by atoms with E-state index in [-0.39, 0.29) is 0 Å². The minimum Gasteiger partial charge on any atom is -0.310 e. The number of anilines is 12. The zero-order valence-electron chi connectivity index (χ0n) is 52.6. The molecular formula is C90H68N4. The van der Waals surface area contributed by atoms with Crippen LogP contribution in [0.5, 0.6) is 0 Å². The average Bonchev–Trinajstić information content (AvgIpc) is 1.35. The highest BCUT2D eigenvalue weighted by Gasteiger charge is 2.19. The van der Waals surface area contributed by atoms with E-state index in [1.165, 1.54) is 43.1 Å². The van der Waals surface area contributed by atoms with E-state index in [2.05, 4.69) is 396 Å². The Morgan fingerprint density at radius 2 is 0.277 bits per heavy atom. The maximum atomic E-state index is 2.36. The highest BCUT2D eigenvalue weighted by atomic mass is 15.2. The zero-order chi connectivity index (χ0) is 63.2. The van der Waals surface area contributed by atoms with Crippen molar-refractivity contribution in [3.05, 3.63) is 376 Å². The van der Waals surface area contributed by atoms with E-state index in [9.17, 15) is 0 Å².